The fourth-order valence-corrected chi connectivity index (χ4v) is 2.53. The lowest BCUT2D eigenvalue weighted by Crippen LogP contribution is -2.34. The number of aromatic nitrogens is 2. The van der Waals surface area contributed by atoms with E-state index in [-0.39, 0.29) is 12.0 Å². The molecule has 1 aromatic rings. The largest absolute Gasteiger partial charge is 0.305 e. The van der Waals surface area contributed by atoms with E-state index in [4.69, 9.17) is 5.26 Å². The summed E-state index contributed by atoms with van der Waals surface area (Å²) in [6.45, 7) is 2.13. The lowest BCUT2D eigenvalue weighted by atomic mass is 10.0. The Morgan fingerprint density at radius 3 is 3.06 bits per heavy atom. The average Bonchev–Trinajstić information content (AvgIpc) is 2.86. The molecule has 4 heteroatoms. The Hall–Kier alpha value is -1.34. The average molecular weight is 218 g/mol. The first-order valence-electron chi connectivity index (χ1n) is 5.86. The summed E-state index contributed by atoms with van der Waals surface area (Å²) < 4.78 is 1.88. The number of hydrogen-bond acceptors (Lipinski definition) is 3. The number of nitriles is 1. The van der Waals surface area contributed by atoms with E-state index in [1.165, 1.54) is 5.69 Å². The van der Waals surface area contributed by atoms with E-state index in [2.05, 4.69) is 23.4 Å². The molecule has 0 aromatic carbocycles. The Kier molecular flexibility index (Phi) is 3.25. The monoisotopic (exact) mass is 218 g/mol. The van der Waals surface area contributed by atoms with Crippen molar-refractivity contribution in [2.45, 2.75) is 38.3 Å². The SMILES string of the molecule is CC(NC1CCCC1C#N)c1ccnn1C. The predicted octanol–water partition coefficient (Wildman–Crippen LogP) is 1.76. The van der Waals surface area contributed by atoms with Crippen LogP contribution in [-0.2, 0) is 7.05 Å². The highest BCUT2D eigenvalue weighted by atomic mass is 15.3. The number of rotatable bonds is 3. The topological polar surface area (TPSA) is 53.6 Å². The van der Waals surface area contributed by atoms with Crippen molar-refractivity contribution in [3.63, 3.8) is 0 Å². The molecule has 86 valence electrons. The van der Waals surface area contributed by atoms with Crippen molar-refractivity contribution >= 4 is 0 Å². The molecule has 16 heavy (non-hydrogen) atoms. The zero-order chi connectivity index (χ0) is 11.5. The molecule has 1 aliphatic carbocycles. The van der Waals surface area contributed by atoms with Gasteiger partial charge in [-0.3, -0.25) is 4.68 Å². The lowest BCUT2D eigenvalue weighted by molar-refractivity contribution is 0.404. The molecule has 1 saturated carbocycles. The van der Waals surface area contributed by atoms with Crippen LogP contribution in [0.3, 0.4) is 0 Å². The zero-order valence-electron chi connectivity index (χ0n) is 9.85. The first-order valence-corrected chi connectivity index (χ1v) is 5.86. The molecule has 1 N–H and O–H groups in total. The van der Waals surface area contributed by atoms with Gasteiger partial charge in [0, 0.05) is 25.3 Å². The second-order valence-corrected chi connectivity index (χ2v) is 4.54. The van der Waals surface area contributed by atoms with Crippen molar-refractivity contribution in [3.8, 4) is 6.07 Å². The Balaban J connectivity index is 2.00. The highest BCUT2D eigenvalue weighted by Gasteiger charge is 2.28. The van der Waals surface area contributed by atoms with Crippen molar-refractivity contribution in [1.82, 2.24) is 15.1 Å². The van der Waals surface area contributed by atoms with Gasteiger partial charge in [0.2, 0.25) is 0 Å². The molecular weight excluding hydrogens is 200 g/mol. The molecule has 1 aliphatic rings. The fourth-order valence-electron chi connectivity index (χ4n) is 2.53. The zero-order valence-corrected chi connectivity index (χ0v) is 9.85. The summed E-state index contributed by atoms with van der Waals surface area (Å²) in [5.41, 5.74) is 1.17. The van der Waals surface area contributed by atoms with Gasteiger partial charge in [-0.1, -0.05) is 6.42 Å². The number of hydrogen-bond donors (Lipinski definition) is 1. The van der Waals surface area contributed by atoms with Crippen LogP contribution in [0.5, 0.6) is 0 Å². The van der Waals surface area contributed by atoms with Crippen LogP contribution >= 0.6 is 0 Å². The Morgan fingerprint density at radius 2 is 2.44 bits per heavy atom. The van der Waals surface area contributed by atoms with Gasteiger partial charge in [-0.25, -0.2) is 0 Å². The lowest BCUT2D eigenvalue weighted by Gasteiger charge is -2.21. The summed E-state index contributed by atoms with van der Waals surface area (Å²) in [4.78, 5) is 0. The molecule has 1 heterocycles. The summed E-state index contributed by atoms with van der Waals surface area (Å²) in [6.07, 6.45) is 5.12. The molecule has 0 bridgehead atoms. The normalized spacial score (nSPS) is 26.6. The summed E-state index contributed by atoms with van der Waals surface area (Å²) in [5.74, 6) is 0.177. The van der Waals surface area contributed by atoms with E-state index >= 15 is 0 Å². The number of nitrogens with one attached hydrogen (secondary N) is 1. The predicted molar refractivity (Wildman–Crippen MR) is 61.5 cm³/mol. The van der Waals surface area contributed by atoms with Gasteiger partial charge in [0.1, 0.15) is 0 Å². The van der Waals surface area contributed by atoms with Crippen LogP contribution in [0.1, 0.15) is 37.9 Å². The molecule has 0 amide bonds. The standard InChI is InChI=1S/C12H18N4/c1-9(12-6-7-14-16(12)2)15-11-5-3-4-10(11)8-13/h6-7,9-11,15H,3-5H2,1-2H3. The second kappa shape index (κ2) is 4.67. The van der Waals surface area contributed by atoms with Crippen LogP contribution in [0.2, 0.25) is 0 Å². The van der Waals surface area contributed by atoms with Gasteiger partial charge in [-0.2, -0.15) is 10.4 Å². The van der Waals surface area contributed by atoms with Crippen LogP contribution in [-0.4, -0.2) is 15.8 Å². The maximum atomic E-state index is 9.03. The molecule has 0 radical (unpaired) electrons. The molecule has 0 saturated heterocycles. The Bertz CT molecular complexity index is 390. The fraction of sp³-hybridized carbons (Fsp3) is 0.667. The molecular formula is C12H18N4. The smallest absolute Gasteiger partial charge is 0.0672 e. The molecule has 4 nitrogen and oxygen atoms in total. The number of nitrogens with zero attached hydrogens (tertiary/aromatic N) is 3. The summed E-state index contributed by atoms with van der Waals surface area (Å²) in [5, 5.41) is 16.7. The third kappa shape index (κ3) is 2.10. The highest BCUT2D eigenvalue weighted by molar-refractivity contribution is 5.07. The van der Waals surface area contributed by atoms with E-state index in [1.807, 2.05) is 24.0 Å². The van der Waals surface area contributed by atoms with Gasteiger partial charge in [0.05, 0.1) is 17.7 Å². The van der Waals surface area contributed by atoms with Crippen molar-refractivity contribution in [3.05, 3.63) is 18.0 Å². The van der Waals surface area contributed by atoms with Crippen molar-refractivity contribution in [2.24, 2.45) is 13.0 Å². The Labute approximate surface area is 96.3 Å². The molecule has 1 fully saturated rings. The maximum Gasteiger partial charge on any atom is 0.0672 e. The van der Waals surface area contributed by atoms with Crippen molar-refractivity contribution in [1.29, 1.82) is 5.26 Å². The molecule has 2 rings (SSSR count). The summed E-state index contributed by atoms with van der Waals surface area (Å²) in [6, 6.07) is 5.01. The van der Waals surface area contributed by atoms with Gasteiger partial charge < -0.3 is 5.32 Å². The van der Waals surface area contributed by atoms with Gasteiger partial charge >= 0.3 is 0 Å². The van der Waals surface area contributed by atoms with E-state index in [0.29, 0.717) is 6.04 Å². The molecule has 3 atom stereocenters. The summed E-state index contributed by atoms with van der Waals surface area (Å²) in [7, 11) is 1.95. The molecule has 0 spiro atoms. The van der Waals surface area contributed by atoms with Crippen LogP contribution in [0, 0.1) is 17.2 Å². The van der Waals surface area contributed by atoms with Crippen LogP contribution < -0.4 is 5.32 Å². The van der Waals surface area contributed by atoms with E-state index < -0.39 is 0 Å². The minimum absolute atomic E-state index is 0.177. The number of aryl methyl sites for hydroxylation is 1. The van der Waals surface area contributed by atoms with Crippen LogP contribution in [0.4, 0.5) is 0 Å². The summed E-state index contributed by atoms with van der Waals surface area (Å²) >= 11 is 0. The quantitative estimate of drug-likeness (QED) is 0.841. The minimum Gasteiger partial charge on any atom is -0.305 e. The van der Waals surface area contributed by atoms with Gasteiger partial charge in [0.25, 0.3) is 0 Å². The van der Waals surface area contributed by atoms with Crippen molar-refractivity contribution in [2.75, 3.05) is 0 Å². The second-order valence-electron chi connectivity index (χ2n) is 4.54. The minimum atomic E-state index is 0.177. The van der Waals surface area contributed by atoms with Crippen LogP contribution in [0.25, 0.3) is 0 Å². The van der Waals surface area contributed by atoms with Gasteiger partial charge in [-0.05, 0) is 25.8 Å². The molecule has 3 unspecified atom stereocenters. The van der Waals surface area contributed by atoms with Gasteiger partial charge in [0.15, 0.2) is 0 Å². The molecule has 0 aliphatic heterocycles. The first-order chi connectivity index (χ1) is 7.72. The maximum absolute atomic E-state index is 9.03. The van der Waals surface area contributed by atoms with Crippen molar-refractivity contribution < 1.29 is 0 Å². The third-order valence-corrected chi connectivity index (χ3v) is 3.45. The van der Waals surface area contributed by atoms with E-state index in [1.54, 1.807) is 0 Å². The highest BCUT2D eigenvalue weighted by Crippen LogP contribution is 2.27. The molecule has 1 aromatic heterocycles. The Morgan fingerprint density at radius 1 is 1.62 bits per heavy atom. The van der Waals surface area contributed by atoms with E-state index in [9.17, 15) is 0 Å². The van der Waals surface area contributed by atoms with E-state index in [0.717, 1.165) is 19.3 Å². The first kappa shape index (κ1) is 11.2. The van der Waals surface area contributed by atoms with Gasteiger partial charge in [-0.15, -0.1) is 0 Å². The third-order valence-electron chi connectivity index (χ3n) is 3.45. The van der Waals surface area contributed by atoms with Crippen LogP contribution in [0.15, 0.2) is 12.3 Å².